The number of hydrogen-bond donors (Lipinski definition) is 0. The molecule has 0 aromatic heterocycles. The predicted molar refractivity (Wildman–Crippen MR) is 97.6 cm³/mol. The van der Waals surface area contributed by atoms with Gasteiger partial charge in [0.25, 0.3) is 0 Å². The summed E-state index contributed by atoms with van der Waals surface area (Å²) in [5.74, 6) is 0.584. The van der Waals surface area contributed by atoms with Gasteiger partial charge in [-0.1, -0.05) is 47.6 Å². The SMILES string of the molecule is Cc1cccc(N=C2SCC(=O)N2CCc2ccc(Cl)cc2)c1. The van der Waals surface area contributed by atoms with Crippen molar-refractivity contribution in [1.29, 1.82) is 0 Å². The molecule has 1 heterocycles. The molecule has 1 amide bonds. The molecule has 1 aliphatic rings. The Bertz CT molecular complexity index is 743. The smallest absolute Gasteiger partial charge is 0.239 e. The molecule has 0 unspecified atom stereocenters. The van der Waals surface area contributed by atoms with Crippen molar-refractivity contribution < 1.29 is 4.79 Å². The van der Waals surface area contributed by atoms with Gasteiger partial charge in [0, 0.05) is 11.6 Å². The van der Waals surface area contributed by atoms with E-state index in [-0.39, 0.29) is 5.91 Å². The Hall–Kier alpha value is -1.78. The Morgan fingerprint density at radius 1 is 1.22 bits per heavy atom. The van der Waals surface area contributed by atoms with Gasteiger partial charge in [0.05, 0.1) is 11.4 Å². The first-order valence-corrected chi connectivity index (χ1v) is 8.81. The van der Waals surface area contributed by atoms with Crippen LogP contribution in [0.5, 0.6) is 0 Å². The number of aliphatic imine (C=N–C) groups is 1. The molecule has 0 radical (unpaired) electrons. The summed E-state index contributed by atoms with van der Waals surface area (Å²) in [7, 11) is 0. The maximum atomic E-state index is 12.1. The Labute approximate surface area is 145 Å². The fourth-order valence-electron chi connectivity index (χ4n) is 2.40. The Kier molecular flexibility index (Phi) is 5.03. The lowest BCUT2D eigenvalue weighted by Gasteiger charge is -2.16. The highest BCUT2D eigenvalue weighted by Crippen LogP contribution is 2.24. The zero-order valence-corrected chi connectivity index (χ0v) is 14.4. The molecule has 0 N–H and O–H groups in total. The summed E-state index contributed by atoms with van der Waals surface area (Å²) in [4.78, 5) is 18.5. The van der Waals surface area contributed by atoms with Crippen molar-refractivity contribution in [2.45, 2.75) is 13.3 Å². The molecular formula is C18H17ClN2OS. The van der Waals surface area contributed by atoms with Gasteiger partial charge in [-0.05, 0) is 48.7 Å². The van der Waals surface area contributed by atoms with E-state index in [0.29, 0.717) is 12.3 Å². The second kappa shape index (κ2) is 7.20. The third-order valence-corrected chi connectivity index (χ3v) is 4.83. The summed E-state index contributed by atoms with van der Waals surface area (Å²) >= 11 is 7.40. The highest BCUT2D eigenvalue weighted by molar-refractivity contribution is 8.15. The number of benzene rings is 2. The average Bonchev–Trinajstić information content (AvgIpc) is 2.87. The molecule has 0 spiro atoms. The maximum absolute atomic E-state index is 12.1. The highest BCUT2D eigenvalue weighted by atomic mass is 35.5. The van der Waals surface area contributed by atoms with Gasteiger partial charge in [0.15, 0.2) is 5.17 Å². The Balaban J connectivity index is 1.73. The van der Waals surface area contributed by atoms with E-state index in [0.717, 1.165) is 33.4 Å². The number of rotatable bonds is 4. The number of halogens is 1. The Morgan fingerprint density at radius 2 is 2.00 bits per heavy atom. The van der Waals surface area contributed by atoms with Crippen LogP contribution in [-0.4, -0.2) is 28.3 Å². The fourth-order valence-corrected chi connectivity index (χ4v) is 3.46. The lowest BCUT2D eigenvalue weighted by atomic mass is 10.1. The topological polar surface area (TPSA) is 32.7 Å². The van der Waals surface area contributed by atoms with E-state index in [2.05, 4.69) is 4.99 Å². The molecule has 1 fully saturated rings. The van der Waals surface area contributed by atoms with Gasteiger partial charge < -0.3 is 0 Å². The average molecular weight is 345 g/mol. The quantitative estimate of drug-likeness (QED) is 0.820. The number of hydrogen-bond acceptors (Lipinski definition) is 3. The lowest BCUT2D eigenvalue weighted by molar-refractivity contribution is -0.124. The minimum Gasteiger partial charge on any atom is -0.290 e. The van der Waals surface area contributed by atoms with Gasteiger partial charge in [0.1, 0.15) is 0 Å². The molecule has 0 atom stereocenters. The lowest BCUT2D eigenvalue weighted by Crippen LogP contribution is -2.31. The summed E-state index contributed by atoms with van der Waals surface area (Å²) < 4.78 is 0. The van der Waals surface area contributed by atoms with Crippen molar-refractivity contribution in [1.82, 2.24) is 4.90 Å². The molecule has 23 heavy (non-hydrogen) atoms. The number of amides is 1. The van der Waals surface area contributed by atoms with E-state index in [9.17, 15) is 4.79 Å². The van der Waals surface area contributed by atoms with Crippen LogP contribution in [0.3, 0.4) is 0 Å². The zero-order chi connectivity index (χ0) is 16.2. The van der Waals surface area contributed by atoms with Gasteiger partial charge in [-0.15, -0.1) is 0 Å². The van der Waals surface area contributed by atoms with Gasteiger partial charge in [0.2, 0.25) is 5.91 Å². The predicted octanol–water partition coefficient (Wildman–Crippen LogP) is 4.45. The summed E-state index contributed by atoms with van der Waals surface area (Å²) in [6, 6.07) is 15.7. The van der Waals surface area contributed by atoms with Crippen LogP contribution in [0.15, 0.2) is 53.5 Å². The van der Waals surface area contributed by atoms with E-state index in [4.69, 9.17) is 11.6 Å². The molecule has 0 saturated carbocycles. The van der Waals surface area contributed by atoms with E-state index in [1.54, 1.807) is 4.90 Å². The van der Waals surface area contributed by atoms with Gasteiger partial charge in [-0.25, -0.2) is 4.99 Å². The largest absolute Gasteiger partial charge is 0.290 e. The van der Waals surface area contributed by atoms with Crippen LogP contribution in [-0.2, 0) is 11.2 Å². The molecular weight excluding hydrogens is 328 g/mol. The molecule has 2 aromatic carbocycles. The van der Waals surface area contributed by atoms with Crippen LogP contribution >= 0.6 is 23.4 Å². The fraction of sp³-hybridized carbons (Fsp3) is 0.222. The molecule has 0 bridgehead atoms. The van der Waals surface area contributed by atoms with Crippen molar-refractivity contribution in [3.63, 3.8) is 0 Å². The van der Waals surface area contributed by atoms with Crippen molar-refractivity contribution in [2.75, 3.05) is 12.3 Å². The normalized spacial score (nSPS) is 16.3. The number of carbonyl (C=O) groups is 1. The molecule has 2 aromatic rings. The van der Waals surface area contributed by atoms with E-state index in [1.165, 1.54) is 11.8 Å². The standard InChI is InChI=1S/C18H17ClN2OS/c1-13-3-2-4-16(11-13)20-18-21(17(22)12-23-18)10-9-14-5-7-15(19)8-6-14/h2-8,11H,9-10,12H2,1H3. The van der Waals surface area contributed by atoms with Gasteiger partial charge in [-0.2, -0.15) is 0 Å². The summed E-state index contributed by atoms with van der Waals surface area (Å²) in [6.07, 6.45) is 0.788. The van der Waals surface area contributed by atoms with Crippen LogP contribution in [0.25, 0.3) is 0 Å². The van der Waals surface area contributed by atoms with Gasteiger partial charge in [-0.3, -0.25) is 9.69 Å². The highest BCUT2D eigenvalue weighted by Gasteiger charge is 2.27. The monoisotopic (exact) mass is 344 g/mol. The summed E-state index contributed by atoms with van der Waals surface area (Å²) in [6.45, 7) is 2.67. The van der Waals surface area contributed by atoms with Crippen LogP contribution in [0.2, 0.25) is 5.02 Å². The molecule has 1 saturated heterocycles. The number of thioether (sulfide) groups is 1. The maximum Gasteiger partial charge on any atom is 0.239 e. The number of aryl methyl sites for hydroxylation is 1. The van der Waals surface area contributed by atoms with Gasteiger partial charge >= 0.3 is 0 Å². The van der Waals surface area contributed by atoms with Crippen LogP contribution in [0.4, 0.5) is 5.69 Å². The molecule has 3 rings (SSSR count). The van der Waals surface area contributed by atoms with E-state index >= 15 is 0 Å². The first kappa shape index (κ1) is 16.1. The number of amidine groups is 1. The van der Waals surface area contributed by atoms with Crippen molar-refractivity contribution >= 4 is 40.1 Å². The van der Waals surface area contributed by atoms with Crippen LogP contribution in [0, 0.1) is 6.92 Å². The zero-order valence-electron chi connectivity index (χ0n) is 12.8. The first-order chi connectivity index (χ1) is 11.1. The second-order valence-electron chi connectivity index (χ2n) is 5.44. The number of carbonyl (C=O) groups excluding carboxylic acids is 1. The Morgan fingerprint density at radius 3 is 2.74 bits per heavy atom. The van der Waals surface area contributed by atoms with E-state index in [1.807, 2.05) is 55.5 Å². The van der Waals surface area contributed by atoms with Crippen LogP contribution < -0.4 is 0 Å². The van der Waals surface area contributed by atoms with Crippen molar-refractivity contribution in [2.24, 2.45) is 4.99 Å². The summed E-state index contributed by atoms with van der Waals surface area (Å²) in [5, 5.41) is 1.51. The molecule has 1 aliphatic heterocycles. The minimum absolute atomic E-state index is 0.121. The molecule has 3 nitrogen and oxygen atoms in total. The third-order valence-electron chi connectivity index (χ3n) is 3.62. The summed E-state index contributed by atoms with van der Waals surface area (Å²) in [5.41, 5.74) is 3.21. The minimum atomic E-state index is 0.121. The van der Waals surface area contributed by atoms with Crippen molar-refractivity contribution in [3.05, 3.63) is 64.7 Å². The van der Waals surface area contributed by atoms with Crippen molar-refractivity contribution in [3.8, 4) is 0 Å². The van der Waals surface area contributed by atoms with Crippen LogP contribution in [0.1, 0.15) is 11.1 Å². The second-order valence-corrected chi connectivity index (χ2v) is 6.82. The third kappa shape index (κ3) is 4.15. The van der Waals surface area contributed by atoms with E-state index < -0.39 is 0 Å². The number of nitrogens with zero attached hydrogens (tertiary/aromatic N) is 2. The molecule has 0 aliphatic carbocycles. The first-order valence-electron chi connectivity index (χ1n) is 7.45. The molecule has 5 heteroatoms. The molecule has 118 valence electrons.